The van der Waals surface area contributed by atoms with E-state index < -0.39 is 16.3 Å². The van der Waals surface area contributed by atoms with E-state index in [-0.39, 0.29) is 23.7 Å². The van der Waals surface area contributed by atoms with Crippen molar-refractivity contribution in [3.63, 3.8) is 0 Å². The monoisotopic (exact) mass is 549 g/mol. The number of thioether (sulfide) groups is 1. The predicted molar refractivity (Wildman–Crippen MR) is 145 cm³/mol. The van der Waals surface area contributed by atoms with Gasteiger partial charge in [0.25, 0.3) is 10.0 Å². The maximum absolute atomic E-state index is 12.8. The van der Waals surface area contributed by atoms with Crippen LogP contribution in [-0.2, 0) is 26.1 Å². The molecule has 0 aliphatic carbocycles. The number of hydrogen-bond acceptors (Lipinski definition) is 8. The molecule has 3 unspecified atom stereocenters. The third kappa shape index (κ3) is 6.58. The lowest BCUT2D eigenvalue weighted by Crippen LogP contribution is -2.31. The Balaban J connectivity index is 1.37. The van der Waals surface area contributed by atoms with Crippen LogP contribution in [0.25, 0.3) is 0 Å². The first-order valence-corrected chi connectivity index (χ1v) is 14.6. The molecule has 2 N–H and O–H groups in total. The standard InChI is InChI=1S/C28H27N3O5S2/c32-18-20-10-12-21(13-11-20)26-17-24(19-37-28-29-14-5-15-30-28)35-27(36-26)22-6-4-7-23(16-22)31-38(33,34)25-8-2-1-3-9-25/h1-16,24,26-27,31-32H,17-19H2. The van der Waals surface area contributed by atoms with Crippen molar-refractivity contribution < 1.29 is 23.0 Å². The zero-order valence-electron chi connectivity index (χ0n) is 20.4. The van der Waals surface area contributed by atoms with Gasteiger partial charge in [0.1, 0.15) is 0 Å². The van der Waals surface area contributed by atoms with Crippen molar-refractivity contribution in [3.05, 3.63) is 114 Å². The summed E-state index contributed by atoms with van der Waals surface area (Å²) >= 11 is 1.51. The first kappa shape index (κ1) is 26.3. The summed E-state index contributed by atoms with van der Waals surface area (Å²) in [6.45, 7) is -0.0282. The van der Waals surface area contributed by atoms with Crippen LogP contribution < -0.4 is 4.72 Å². The zero-order chi connectivity index (χ0) is 26.4. The van der Waals surface area contributed by atoms with Gasteiger partial charge in [-0.2, -0.15) is 0 Å². The lowest BCUT2D eigenvalue weighted by molar-refractivity contribution is -0.245. The van der Waals surface area contributed by atoms with Crippen LogP contribution in [0.1, 0.15) is 35.5 Å². The van der Waals surface area contributed by atoms with Crippen LogP contribution in [0.4, 0.5) is 5.69 Å². The molecule has 0 radical (unpaired) electrons. The Morgan fingerprint density at radius 3 is 2.39 bits per heavy atom. The molecule has 4 aromatic rings. The number of ether oxygens (including phenoxy) is 2. The summed E-state index contributed by atoms with van der Waals surface area (Å²) in [5, 5.41) is 10.1. The van der Waals surface area contributed by atoms with Crippen LogP contribution in [-0.4, -0.2) is 35.3 Å². The number of aliphatic hydroxyl groups excluding tert-OH is 1. The highest BCUT2D eigenvalue weighted by Crippen LogP contribution is 2.39. The Morgan fingerprint density at radius 2 is 1.66 bits per heavy atom. The molecule has 3 atom stereocenters. The summed E-state index contributed by atoms with van der Waals surface area (Å²) < 4.78 is 41.1. The highest BCUT2D eigenvalue weighted by atomic mass is 32.2. The highest BCUT2D eigenvalue weighted by Gasteiger charge is 2.32. The van der Waals surface area contributed by atoms with E-state index in [1.807, 2.05) is 30.3 Å². The third-order valence-corrected chi connectivity index (χ3v) is 8.42. The van der Waals surface area contributed by atoms with Gasteiger partial charge >= 0.3 is 0 Å². The second-order valence-electron chi connectivity index (χ2n) is 8.74. The van der Waals surface area contributed by atoms with Crippen molar-refractivity contribution in [3.8, 4) is 0 Å². The quantitative estimate of drug-likeness (QED) is 0.219. The Labute approximate surface area is 226 Å². The van der Waals surface area contributed by atoms with Crippen LogP contribution in [0.2, 0.25) is 0 Å². The van der Waals surface area contributed by atoms with Crippen molar-refractivity contribution in [1.82, 2.24) is 9.97 Å². The first-order chi connectivity index (χ1) is 18.5. The van der Waals surface area contributed by atoms with E-state index in [0.29, 0.717) is 28.6 Å². The van der Waals surface area contributed by atoms with Gasteiger partial charge in [0.15, 0.2) is 11.4 Å². The van der Waals surface area contributed by atoms with Gasteiger partial charge in [0, 0.05) is 35.8 Å². The molecule has 1 fully saturated rings. The molecule has 2 heterocycles. The second kappa shape index (κ2) is 12.1. The van der Waals surface area contributed by atoms with Crippen LogP contribution in [0, 0.1) is 0 Å². The predicted octanol–water partition coefficient (Wildman–Crippen LogP) is 5.11. The minimum atomic E-state index is -3.74. The van der Waals surface area contributed by atoms with Gasteiger partial charge in [-0.05, 0) is 41.5 Å². The summed E-state index contributed by atoms with van der Waals surface area (Å²) in [5.74, 6) is 0.620. The fourth-order valence-electron chi connectivity index (χ4n) is 4.11. The van der Waals surface area contributed by atoms with Crippen LogP contribution in [0.5, 0.6) is 0 Å². The molecule has 1 aliphatic rings. The lowest BCUT2D eigenvalue weighted by atomic mass is 10.0. The number of aromatic nitrogens is 2. The molecule has 1 aliphatic heterocycles. The molecule has 38 heavy (non-hydrogen) atoms. The topological polar surface area (TPSA) is 111 Å². The summed E-state index contributed by atoms with van der Waals surface area (Å²) in [6, 6.07) is 24.7. The Kier molecular flexibility index (Phi) is 8.35. The molecule has 0 amide bonds. The normalized spacial score (nSPS) is 19.7. The maximum Gasteiger partial charge on any atom is 0.261 e. The van der Waals surface area contributed by atoms with Gasteiger partial charge < -0.3 is 14.6 Å². The van der Waals surface area contributed by atoms with E-state index in [2.05, 4.69) is 14.7 Å². The van der Waals surface area contributed by atoms with E-state index in [4.69, 9.17) is 9.47 Å². The molecule has 1 saturated heterocycles. The molecule has 10 heteroatoms. The molecule has 0 bridgehead atoms. The van der Waals surface area contributed by atoms with Gasteiger partial charge in [0.05, 0.1) is 23.7 Å². The molecule has 0 saturated carbocycles. The number of benzene rings is 3. The van der Waals surface area contributed by atoms with E-state index in [1.165, 1.54) is 11.8 Å². The number of aliphatic hydroxyl groups is 1. The number of nitrogens with zero attached hydrogens (tertiary/aromatic N) is 2. The number of nitrogens with one attached hydrogen (secondary N) is 1. The minimum Gasteiger partial charge on any atom is -0.392 e. The molecule has 3 aromatic carbocycles. The maximum atomic E-state index is 12.8. The Bertz CT molecular complexity index is 1440. The van der Waals surface area contributed by atoms with Crippen molar-refractivity contribution in [1.29, 1.82) is 0 Å². The molecular formula is C28H27N3O5S2. The summed E-state index contributed by atoms with van der Waals surface area (Å²) in [5.41, 5.74) is 2.91. The van der Waals surface area contributed by atoms with Gasteiger partial charge in [-0.3, -0.25) is 4.72 Å². The number of rotatable bonds is 9. The fourth-order valence-corrected chi connectivity index (χ4v) is 6.00. The molecule has 196 valence electrons. The zero-order valence-corrected chi connectivity index (χ0v) is 22.0. The Morgan fingerprint density at radius 1 is 0.895 bits per heavy atom. The molecule has 0 spiro atoms. The van der Waals surface area contributed by atoms with Crippen molar-refractivity contribution >= 4 is 27.5 Å². The average molecular weight is 550 g/mol. The van der Waals surface area contributed by atoms with Gasteiger partial charge in [-0.1, -0.05) is 66.4 Å². The number of hydrogen-bond donors (Lipinski definition) is 2. The van der Waals surface area contributed by atoms with Gasteiger partial charge in [-0.25, -0.2) is 18.4 Å². The fraction of sp³-hybridized carbons (Fsp3) is 0.214. The molecular weight excluding hydrogens is 522 g/mol. The van der Waals surface area contributed by atoms with Crippen molar-refractivity contribution in [2.45, 2.75) is 41.6 Å². The van der Waals surface area contributed by atoms with E-state index >= 15 is 0 Å². The van der Waals surface area contributed by atoms with Crippen LogP contribution >= 0.6 is 11.8 Å². The van der Waals surface area contributed by atoms with Crippen LogP contribution in [0.3, 0.4) is 0 Å². The molecule has 8 nitrogen and oxygen atoms in total. The van der Waals surface area contributed by atoms with Crippen molar-refractivity contribution in [2.75, 3.05) is 10.5 Å². The lowest BCUT2D eigenvalue weighted by Gasteiger charge is -2.36. The number of sulfonamides is 1. The largest absolute Gasteiger partial charge is 0.392 e. The van der Waals surface area contributed by atoms with Crippen molar-refractivity contribution in [2.24, 2.45) is 0 Å². The third-order valence-electron chi connectivity index (χ3n) is 6.02. The highest BCUT2D eigenvalue weighted by molar-refractivity contribution is 7.99. The van der Waals surface area contributed by atoms with Gasteiger partial charge in [-0.15, -0.1) is 0 Å². The SMILES string of the molecule is O=S(=O)(Nc1cccc(C2OC(CSc3ncccn3)CC(c3ccc(CO)cc3)O2)c1)c1ccccc1. The summed E-state index contributed by atoms with van der Waals surface area (Å²) in [7, 11) is -3.74. The Hall–Kier alpha value is -3.28. The summed E-state index contributed by atoms with van der Waals surface area (Å²) in [4.78, 5) is 8.75. The molecule has 5 rings (SSSR count). The smallest absolute Gasteiger partial charge is 0.261 e. The van der Waals surface area contributed by atoms with E-state index in [1.54, 1.807) is 67.0 Å². The average Bonchev–Trinajstić information content (AvgIpc) is 2.97. The summed E-state index contributed by atoms with van der Waals surface area (Å²) in [6.07, 6.45) is 2.89. The van der Waals surface area contributed by atoms with E-state index in [9.17, 15) is 13.5 Å². The van der Waals surface area contributed by atoms with Crippen LogP contribution in [0.15, 0.2) is 107 Å². The number of anilines is 1. The second-order valence-corrected chi connectivity index (χ2v) is 11.4. The minimum absolute atomic E-state index is 0.0282. The first-order valence-electron chi connectivity index (χ1n) is 12.1. The van der Waals surface area contributed by atoms with E-state index in [0.717, 1.165) is 11.1 Å². The van der Waals surface area contributed by atoms with Gasteiger partial charge in [0.2, 0.25) is 0 Å². The molecule has 1 aromatic heterocycles.